The van der Waals surface area contributed by atoms with Crippen molar-refractivity contribution in [3.63, 3.8) is 0 Å². The molecule has 0 amide bonds. The van der Waals surface area contributed by atoms with Crippen molar-refractivity contribution >= 4 is 17.6 Å². The molecule has 1 aliphatic carbocycles. The van der Waals surface area contributed by atoms with Gasteiger partial charge in [0, 0.05) is 17.7 Å². The van der Waals surface area contributed by atoms with Crippen LogP contribution in [0.3, 0.4) is 0 Å². The zero-order valence-electron chi connectivity index (χ0n) is 17.0. The van der Waals surface area contributed by atoms with Crippen molar-refractivity contribution in [3.05, 3.63) is 47.5 Å². The van der Waals surface area contributed by atoms with E-state index in [4.69, 9.17) is 11.6 Å². The number of allylic oxidation sites excluding steroid dienone is 2. The van der Waals surface area contributed by atoms with Gasteiger partial charge in [-0.2, -0.15) is 0 Å². The third-order valence-electron chi connectivity index (χ3n) is 5.52. The molecule has 0 saturated heterocycles. The van der Waals surface area contributed by atoms with E-state index in [9.17, 15) is 9.90 Å². The maximum absolute atomic E-state index is 11.1. The first-order valence-corrected chi connectivity index (χ1v) is 10.3. The molecule has 1 fully saturated rings. The fourth-order valence-corrected chi connectivity index (χ4v) is 4.31. The number of halogens is 1. The Kier molecular flexibility index (Phi) is 7.93. The van der Waals surface area contributed by atoms with Crippen LogP contribution in [0.25, 0.3) is 0 Å². The average Bonchev–Trinajstić information content (AvgIpc) is 2.90. The summed E-state index contributed by atoms with van der Waals surface area (Å²) in [6.07, 6.45) is 7.42. The highest BCUT2D eigenvalue weighted by Gasteiger charge is 2.41. The lowest BCUT2D eigenvalue weighted by Crippen LogP contribution is -2.19. The SMILES string of the molecule is COC(=O)CCC/C=C/CC1C(Cl)CC(O)C1c1ccc(C(C)(C)C)cc1. The molecule has 3 nitrogen and oxygen atoms in total. The molecule has 1 aliphatic rings. The number of hydrogen-bond donors (Lipinski definition) is 1. The molecule has 4 unspecified atom stereocenters. The van der Waals surface area contributed by atoms with Crippen molar-refractivity contribution in [2.24, 2.45) is 5.92 Å². The number of benzene rings is 1. The van der Waals surface area contributed by atoms with Gasteiger partial charge < -0.3 is 9.84 Å². The average molecular weight is 393 g/mol. The third kappa shape index (κ3) is 6.08. The van der Waals surface area contributed by atoms with Gasteiger partial charge in [0.25, 0.3) is 0 Å². The minimum Gasteiger partial charge on any atom is -0.469 e. The maximum Gasteiger partial charge on any atom is 0.305 e. The molecule has 0 heterocycles. The zero-order valence-corrected chi connectivity index (χ0v) is 17.7. The van der Waals surface area contributed by atoms with Gasteiger partial charge in [-0.15, -0.1) is 11.6 Å². The Morgan fingerprint density at radius 1 is 1.26 bits per heavy atom. The topological polar surface area (TPSA) is 46.5 Å². The summed E-state index contributed by atoms with van der Waals surface area (Å²) in [6.45, 7) is 6.61. The van der Waals surface area contributed by atoms with E-state index in [0.29, 0.717) is 12.8 Å². The van der Waals surface area contributed by atoms with Crippen LogP contribution in [-0.2, 0) is 14.9 Å². The molecular weight excluding hydrogens is 360 g/mol. The van der Waals surface area contributed by atoms with Gasteiger partial charge in [-0.25, -0.2) is 0 Å². The Hall–Kier alpha value is -1.32. The monoisotopic (exact) mass is 392 g/mol. The van der Waals surface area contributed by atoms with Crippen LogP contribution in [-0.4, -0.2) is 29.7 Å². The molecule has 0 bridgehead atoms. The molecular formula is C23H33ClO3. The molecule has 1 aromatic rings. The first-order valence-electron chi connectivity index (χ1n) is 9.88. The van der Waals surface area contributed by atoms with Crippen LogP contribution in [0.4, 0.5) is 0 Å². The van der Waals surface area contributed by atoms with Crippen LogP contribution < -0.4 is 0 Å². The Morgan fingerprint density at radius 2 is 1.93 bits per heavy atom. The number of aliphatic hydroxyl groups is 1. The lowest BCUT2D eigenvalue weighted by molar-refractivity contribution is -0.140. The Labute approximate surface area is 168 Å². The molecule has 0 radical (unpaired) electrons. The van der Waals surface area contributed by atoms with E-state index in [1.165, 1.54) is 18.2 Å². The third-order valence-corrected chi connectivity index (χ3v) is 6.02. The molecule has 0 aliphatic heterocycles. The molecule has 0 aromatic heterocycles. The highest BCUT2D eigenvalue weighted by molar-refractivity contribution is 6.21. The van der Waals surface area contributed by atoms with Gasteiger partial charge in [-0.05, 0) is 48.1 Å². The number of esters is 1. The van der Waals surface area contributed by atoms with Crippen molar-refractivity contribution in [3.8, 4) is 0 Å². The number of alkyl halides is 1. The van der Waals surface area contributed by atoms with Gasteiger partial charge in [-0.3, -0.25) is 4.79 Å². The Balaban J connectivity index is 1.99. The largest absolute Gasteiger partial charge is 0.469 e. The number of methoxy groups -OCH3 is 1. The molecule has 4 heteroatoms. The molecule has 0 spiro atoms. The van der Waals surface area contributed by atoms with E-state index in [0.717, 1.165) is 19.3 Å². The zero-order chi connectivity index (χ0) is 20.0. The molecule has 4 atom stereocenters. The first kappa shape index (κ1) is 22.0. The molecule has 1 N–H and O–H groups in total. The second-order valence-corrected chi connectivity index (χ2v) is 9.12. The number of ether oxygens (including phenoxy) is 1. The van der Waals surface area contributed by atoms with Crippen LogP contribution in [0.15, 0.2) is 36.4 Å². The van der Waals surface area contributed by atoms with E-state index >= 15 is 0 Å². The predicted octanol–water partition coefficient (Wildman–Crippen LogP) is 5.35. The lowest BCUT2D eigenvalue weighted by atomic mass is 9.82. The fourth-order valence-electron chi connectivity index (χ4n) is 3.87. The number of rotatable bonds is 7. The van der Waals surface area contributed by atoms with Crippen molar-refractivity contribution in [1.29, 1.82) is 0 Å². The molecule has 150 valence electrons. The highest BCUT2D eigenvalue weighted by Crippen LogP contribution is 2.45. The predicted molar refractivity (Wildman–Crippen MR) is 111 cm³/mol. The lowest BCUT2D eigenvalue weighted by Gasteiger charge is -2.25. The number of hydrogen-bond acceptors (Lipinski definition) is 3. The highest BCUT2D eigenvalue weighted by atomic mass is 35.5. The summed E-state index contributed by atoms with van der Waals surface area (Å²) in [4.78, 5) is 11.1. The molecule has 1 saturated carbocycles. The van der Waals surface area contributed by atoms with Gasteiger partial charge >= 0.3 is 5.97 Å². The van der Waals surface area contributed by atoms with Crippen molar-refractivity contribution in [1.82, 2.24) is 0 Å². The van der Waals surface area contributed by atoms with Crippen LogP contribution in [0.2, 0.25) is 0 Å². The standard InChI is InChI=1S/C23H33ClO3/c1-23(2,3)17-13-11-16(12-14-17)22-18(19(24)15-20(22)25)9-7-5-6-8-10-21(26)27-4/h5,7,11-14,18-20,22,25H,6,8-10,15H2,1-4H3/b7-5+. The summed E-state index contributed by atoms with van der Waals surface area (Å²) in [6, 6.07) is 8.64. The van der Waals surface area contributed by atoms with Crippen LogP contribution in [0.5, 0.6) is 0 Å². The van der Waals surface area contributed by atoms with Gasteiger partial charge in [0.15, 0.2) is 0 Å². The summed E-state index contributed by atoms with van der Waals surface area (Å²) < 4.78 is 4.65. The smallest absolute Gasteiger partial charge is 0.305 e. The summed E-state index contributed by atoms with van der Waals surface area (Å²) in [5.41, 5.74) is 2.58. The van der Waals surface area contributed by atoms with E-state index in [1.807, 2.05) is 0 Å². The van der Waals surface area contributed by atoms with Gasteiger partial charge in [-0.1, -0.05) is 57.2 Å². The summed E-state index contributed by atoms with van der Waals surface area (Å²) in [7, 11) is 1.42. The minimum absolute atomic E-state index is 0.0213. The van der Waals surface area contributed by atoms with Gasteiger partial charge in [0.05, 0.1) is 13.2 Å². The van der Waals surface area contributed by atoms with Crippen molar-refractivity contribution in [2.45, 2.75) is 75.7 Å². The summed E-state index contributed by atoms with van der Waals surface area (Å²) >= 11 is 6.57. The van der Waals surface area contributed by atoms with E-state index in [-0.39, 0.29) is 28.6 Å². The number of aliphatic hydroxyl groups excluding tert-OH is 1. The number of unbranched alkanes of at least 4 members (excludes halogenated alkanes) is 1. The number of carbonyl (C=O) groups is 1. The first-order chi connectivity index (χ1) is 12.7. The van der Waals surface area contributed by atoms with Crippen molar-refractivity contribution in [2.75, 3.05) is 7.11 Å². The second-order valence-electron chi connectivity index (χ2n) is 8.56. The van der Waals surface area contributed by atoms with Gasteiger partial charge in [0.2, 0.25) is 0 Å². The van der Waals surface area contributed by atoms with E-state index in [1.54, 1.807) is 0 Å². The second kappa shape index (κ2) is 9.75. The molecule has 2 rings (SSSR count). The minimum atomic E-state index is -0.397. The summed E-state index contributed by atoms with van der Waals surface area (Å²) in [5.74, 6) is 0.127. The van der Waals surface area contributed by atoms with Crippen LogP contribution >= 0.6 is 11.6 Å². The van der Waals surface area contributed by atoms with Gasteiger partial charge in [0.1, 0.15) is 0 Å². The normalized spacial score (nSPS) is 25.9. The number of carbonyl (C=O) groups excluding carboxylic acids is 1. The Bertz CT molecular complexity index is 630. The van der Waals surface area contributed by atoms with E-state index < -0.39 is 6.10 Å². The fraction of sp³-hybridized carbons (Fsp3) is 0.609. The molecule has 1 aromatic carbocycles. The quantitative estimate of drug-likeness (QED) is 0.294. The summed E-state index contributed by atoms with van der Waals surface area (Å²) in [5, 5.41) is 10.6. The van der Waals surface area contributed by atoms with E-state index in [2.05, 4.69) is 61.9 Å². The van der Waals surface area contributed by atoms with Crippen molar-refractivity contribution < 1.29 is 14.6 Å². The Morgan fingerprint density at radius 3 is 2.52 bits per heavy atom. The maximum atomic E-state index is 11.1. The molecule has 27 heavy (non-hydrogen) atoms. The van der Waals surface area contributed by atoms with Crippen LogP contribution in [0, 0.1) is 5.92 Å². The van der Waals surface area contributed by atoms with Crippen LogP contribution in [0.1, 0.15) is 69.9 Å².